The fraction of sp³-hybridized carbons (Fsp3) is 0.864. The minimum atomic E-state index is -0.293. The molecule has 2 atom stereocenters. The second-order valence-electron chi connectivity index (χ2n) is 7.91. The summed E-state index contributed by atoms with van der Waals surface area (Å²) in [4.78, 5) is 11.6. The van der Waals surface area contributed by atoms with Gasteiger partial charge in [-0.2, -0.15) is 0 Å². The van der Waals surface area contributed by atoms with Gasteiger partial charge in [-0.3, -0.25) is 0 Å². The summed E-state index contributed by atoms with van der Waals surface area (Å²) in [5.41, 5.74) is 0.459. The quantitative estimate of drug-likeness (QED) is 0.183. The van der Waals surface area contributed by atoms with Gasteiger partial charge in [-0.15, -0.1) is 0 Å². The van der Waals surface area contributed by atoms with E-state index in [-0.39, 0.29) is 12.1 Å². The molecule has 0 saturated carbocycles. The molecule has 2 unspecified atom stereocenters. The Morgan fingerprint density at radius 3 is 2.04 bits per heavy atom. The van der Waals surface area contributed by atoms with Crippen LogP contribution in [0, 0.1) is 0 Å². The third kappa shape index (κ3) is 9.72. The third-order valence-corrected chi connectivity index (χ3v) is 5.20. The first kappa shape index (κ1) is 25.1. The molecule has 0 aromatic carbocycles. The fourth-order valence-corrected chi connectivity index (χ4v) is 3.91. The number of aliphatic hydroxyl groups is 1. The highest BCUT2D eigenvalue weighted by atomic mass is 16.5. The zero-order valence-electron chi connectivity index (χ0n) is 18.1. The van der Waals surface area contributed by atoms with Crippen LogP contribution in [0.2, 0.25) is 0 Å². The number of nitrogens with zero attached hydrogens (tertiary/aromatic N) is 1. The molecule has 0 spiro atoms. The smallest absolute Gasteiger partial charge is 0.333 e. The highest BCUT2D eigenvalue weighted by molar-refractivity contribution is 5.86. The largest absolute Gasteiger partial charge is 0.462 e. The first-order valence-electron chi connectivity index (χ1n) is 10.7. The zero-order chi connectivity index (χ0) is 20.0. The SMILES string of the molecule is C=C(C)C(=O)OCCCC(CCC)[N+](CCCC)(CCCC)CC(C)O. The number of carbonyl (C=O) groups excluding carboxylic acids is 1. The van der Waals surface area contributed by atoms with Gasteiger partial charge in [0.25, 0.3) is 0 Å². The molecule has 0 bridgehead atoms. The minimum Gasteiger partial charge on any atom is -0.462 e. The molecule has 4 heteroatoms. The van der Waals surface area contributed by atoms with Gasteiger partial charge in [0.15, 0.2) is 0 Å². The number of aliphatic hydroxyl groups excluding tert-OH is 1. The van der Waals surface area contributed by atoms with Crippen molar-refractivity contribution in [1.82, 2.24) is 0 Å². The lowest BCUT2D eigenvalue weighted by molar-refractivity contribution is -0.954. The van der Waals surface area contributed by atoms with Gasteiger partial charge in [0.1, 0.15) is 12.6 Å². The summed E-state index contributed by atoms with van der Waals surface area (Å²) in [6, 6.07) is 0.524. The number of unbranched alkanes of at least 4 members (excludes halogenated alkanes) is 2. The second-order valence-corrected chi connectivity index (χ2v) is 7.91. The van der Waals surface area contributed by atoms with E-state index in [1.54, 1.807) is 6.92 Å². The van der Waals surface area contributed by atoms with Crippen LogP contribution in [-0.2, 0) is 9.53 Å². The minimum absolute atomic E-state index is 0.288. The van der Waals surface area contributed by atoms with Crippen molar-refractivity contribution in [3.63, 3.8) is 0 Å². The van der Waals surface area contributed by atoms with E-state index in [1.807, 2.05) is 6.92 Å². The predicted molar refractivity (Wildman–Crippen MR) is 110 cm³/mol. The monoisotopic (exact) mass is 370 g/mol. The number of ether oxygens (including phenoxy) is 1. The van der Waals surface area contributed by atoms with E-state index in [0.717, 1.165) is 49.8 Å². The summed E-state index contributed by atoms with van der Waals surface area (Å²) >= 11 is 0. The van der Waals surface area contributed by atoms with E-state index < -0.39 is 0 Å². The van der Waals surface area contributed by atoms with Gasteiger partial charge in [0.2, 0.25) is 0 Å². The van der Waals surface area contributed by atoms with E-state index in [0.29, 0.717) is 18.2 Å². The fourth-order valence-electron chi connectivity index (χ4n) is 3.91. The van der Waals surface area contributed by atoms with Gasteiger partial charge < -0.3 is 14.3 Å². The van der Waals surface area contributed by atoms with Crippen molar-refractivity contribution < 1.29 is 19.1 Å². The van der Waals surface area contributed by atoms with E-state index in [4.69, 9.17) is 4.74 Å². The molecule has 0 radical (unpaired) electrons. The van der Waals surface area contributed by atoms with Crippen molar-refractivity contribution in [1.29, 1.82) is 0 Å². The van der Waals surface area contributed by atoms with Crippen molar-refractivity contribution in [3.05, 3.63) is 12.2 Å². The summed E-state index contributed by atoms with van der Waals surface area (Å²) in [7, 11) is 0. The molecule has 0 rings (SSSR count). The Morgan fingerprint density at radius 2 is 1.62 bits per heavy atom. The number of carbonyl (C=O) groups is 1. The van der Waals surface area contributed by atoms with Gasteiger partial charge in [-0.1, -0.05) is 46.6 Å². The maximum Gasteiger partial charge on any atom is 0.333 e. The van der Waals surface area contributed by atoms with Gasteiger partial charge in [-0.25, -0.2) is 4.79 Å². The lowest BCUT2D eigenvalue weighted by Crippen LogP contribution is -2.59. The molecule has 0 fully saturated rings. The molecule has 1 N–H and O–H groups in total. The van der Waals surface area contributed by atoms with Crippen LogP contribution < -0.4 is 0 Å². The molecular formula is C22H44NO3+. The van der Waals surface area contributed by atoms with Crippen molar-refractivity contribution >= 4 is 5.97 Å². The molecular weight excluding hydrogens is 326 g/mol. The van der Waals surface area contributed by atoms with Crippen LogP contribution in [0.25, 0.3) is 0 Å². The number of rotatable bonds is 16. The maximum absolute atomic E-state index is 11.6. The first-order chi connectivity index (χ1) is 12.3. The van der Waals surface area contributed by atoms with Crippen LogP contribution in [0.5, 0.6) is 0 Å². The molecule has 26 heavy (non-hydrogen) atoms. The molecule has 154 valence electrons. The topological polar surface area (TPSA) is 46.5 Å². The lowest BCUT2D eigenvalue weighted by atomic mass is 9.98. The number of quaternary nitrogens is 1. The van der Waals surface area contributed by atoms with Crippen molar-refractivity contribution in [3.8, 4) is 0 Å². The van der Waals surface area contributed by atoms with Crippen LogP contribution in [0.1, 0.15) is 86.0 Å². The maximum atomic E-state index is 11.6. The van der Waals surface area contributed by atoms with Crippen LogP contribution >= 0.6 is 0 Å². The highest BCUT2D eigenvalue weighted by Crippen LogP contribution is 2.26. The van der Waals surface area contributed by atoms with E-state index >= 15 is 0 Å². The Bertz CT molecular complexity index is 385. The van der Waals surface area contributed by atoms with E-state index in [9.17, 15) is 9.90 Å². The molecule has 0 heterocycles. The predicted octanol–water partition coefficient (Wildman–Crippen LogP) is 4.85. The van der Waals surface area contributed by atoms with E-state index in [2.05, 4.69) is 27.4 Å². The number of hydrogen-bond acceptors (Lipinski definition) is 3. The molecule has 0 saturated heterocycles. The van der Waals surface area contributed by atoms with Crippen molar-refractivity contribution in [2.45, 2.75) is 98.1 Å². The molecule has 0 aliphatic rings. The van der Waals surface area contributed by atoms with Crippen LogP contribution in [0.15, 0.2) is 12.2 Å². The van der Waals surface area contributed by atoms with Gasteiger partial charge >= 0.3 is 5.97 Å². The first-order valence-corrected chi connectivity index (χ1v) is 10.7. The van der Waals surface area contributed by atoms with E-state index in [1.165, 1.54) is 25.7 Å². The Balaban J connectivity index is 5.12. The summed E-state index contributed by atoms with van der Waals surface area (Å²) in [6.07, 6.45) is 8.69. The molecule has 0 aliphatic carbocycles. The van der Waals surface area contributed by atoms with Crippen LogP contribution in [0.3, 0.4) is 0 Å². The highest BCUT2D eigenvalue weighted by Gasteiger charge is 2.36. The summed E-state index contributed by atoms with van der Waals surface area (Å²) in [5.74, 6) is -0.293. The number of esters is 1. The molecule has 4 nitrogen and oxygen atoms in total. The molecule has 0 amide bonds. The summed E-state index contributed by atoms with van der Waals surface area (Å²) in [5, 5.41) is 10.2. The van der Waals surface area contributed by atoms with Crippen molar-refractivity contribution in [2.75, 3.05) is 26.2 Å². The van der Waals surface area contributed by atoms with Gasteiger partial charge in [0, 0.05) is 12.0 Å². The Kier molecular flexibility index (Phi) is 13.7. The normalized spacial score (nSPS) is 14.1. The standard InChI is InChI=1S/C22H44NO3/c1-7-10-15-23(16-11-8-2,18-20(6)24)21(13-9-3)14-12-17-26-22(25)19(4)5/h20-21,24H,4,7-18H2,1-3,5-6H3/q+1. The average Bonchev–Trinajstić information content (AvgIpc) is 2.59. The van der Waals surface area contributed by atoms with Crippen LogP contribution in [0.4, 0.5) is 0 Å². The molecule has 0 aromatic rings. The van der Waals surface area contributed by atoms with Gasteiger partial charge in [-0.05, 0) is 39.5 Å². The van der Waals surface area contributed by atoms with Gasteiger partial charge in [0.05, 0.1) is 25.7 Å². The lowest BCUT2D eigenvalue weighted by Gasteiger charge is -2.46. The van der Waals surface area contributed by atoms with Crippen LogP contribution in [-0.4, -0.2) is 53.9 Å². The molecule has 0 aromatic heterocycles. The Labute approximate surface area is 162 Å². The molecule has 0 aliphatic heterocycles. The summed E-state index contributed by atoms with van der Waals surface area (Å²) in [6.45, 7) is 17.5. The summed E-state index contributed by atoms with van der Waals surface area (Å²) < 4.78 is 6.31. The number of hydrogen-bond donors (Lipinski definition) is 1. The average molecular weight is 371 g/mol. The van der Waals surface area contributed by atoms with Crippen molar-refractivity contribution in [2.24, 2.45) is 0 Å². The second kappa shape index (κ2) is 14.2. The zero-order valence-corrected chi connectivity index (χ0v) is 18.1. The Hall–Kier alpha value is -0.870. The Morgan fingerprint density at radius 1 is 1.04 bits per heavy atom. The third-order valence-electron chi connectivity index (χ3n) is 5.20.